The van der Waals surface area contributed by atoms with Crippen LogP contribution < -0.4 is 0 Å². The Morgan fingerprint density at radius 2 is 0.910 bits per heavy atom. The highest BCUT2D eigenvalue weighted by molar-refractivity contribution is 6.08. The number of halogens is 4. The number of aliphatic hydroxyl groups is 2. The van der Waals surface area contributed by atoms with Crippen molar-refractivity contribution in [2.45, 2.75) is 104 Å². The van der Waals surface area contributed by atoms with E-state index in [-0.39, 0.29) is 11.8 Å². The molecule has 0 aliphatic carbocycles. The molecule has 8 heterocycles. The van der Waals surface area contributed by atoms with Crippen LogP contribution in [0.15, 0.2) is 119 Å². The molecular formula is C64H64F4N4O6. The van der Waals surface area contributed by atoms with Crippen molar-refractivity contribution in [3.8, 4) is 22.3 Å². The summed E-state index contributed by atoms with van der Waals surface area (Å²) in [7, 11) is 0. The van der Waals surface area contributed by atoms with Gasteiger partial charge in [0.25, 0.3) is 0 Å². The van der Waals surface area contributed by atoms with Crippen LogP contribution in [0, 0.1) is 62.8 Å². The SMILES string of the molecule is Cc1coc(C)c1-c1cnc2c3ccc(C(C)(C)O)cc3n(C(c3cccc(F)c3F)C3CCOCC3)c2c1.Cc1coc(C)c1-c1cnc2c3ccc(C(C)(C)O)cc3n(C(c3cccc(F)c3F)C3CCOCC3)c2c1. The van der Waals surface area contributed by atoms with Gasteiger partial charge in [0.15, 0.2) is 23.3 Å². The molecule has 10 nitrogen and oxygen atoms in total. The molecule has 0 amide bonds. The third-order valence-corrected chi connectivity index (χ3v) is 16.2. The minimum atomic E-state index is -1.09. The summed E-state index contributed by atoms with van der Waals surface area (Å²) in [6.45, 7) is 17.0. The van der Waals surface area contributed by atoms with Crippen molar-refractivity contribution in [3.05, 3.63) is 178 Å². The lowest BCUT2D eigenvalue weighted by Crippen LogP contribution is -2.28. The maximum atomic E-state index is 15.6. The lowest BCUT2D eigenvalue weighted by Gasteiger charge is -2.33. The van der Waals surface area contributed by atoms with Crippen LogP contribution in [0.5, 0.6) is 0 Å². The van der Waals surface area contributed by atoms with Gasteiger partial charge in [-0.25, -0.2) is 17.6 Å². The van der Waals surface area contributed by atoms with Crippen molar-refractivity contribution in [3.63, 3.8) is 0 Å². The number of aryl methyl sites for hydroxylation is 4. The first-order valence-corrected chi connectivity index (χ1v) is 26.8. The van der Waals surface area contributed by atoms with Crippen LogP contribution in [-0.4, -0.2) is 55.7 Å². The number of aromatic nitrogens is 4. The van der Waals surface area contributed by atoms with Crippen LogP contribution in [0.25, 0.3) is 66.1 Å². The highest BCUT2D eigenvalue weighted by Crippen LogP contribution is 2.46. The molecule has 2 fully saturated rings. The smallest absolute Gasteiger partial charge is 0.164 e. The standard InChI is InChI=1S/2C32H32F2N2O3/c2*1-18-17-39-19(2)28(18)21-14-27-30(35-16-21)23-9-8-22(32(3,4)37)15-26(23)36(27)31(20-10-12-38-13-11-20)24-6-5-7-25(33)29(24)34/h2*5-9,14-17,20,31,37H,10-13H2,1-4H3. The number of nitrogens with zero attached hydrogens (tertiary/aromatic N) is 4. The van der Waals surface area contributed by atoms with Gasteiger partial charge in [0, 0.05) is 83.0 Å². The molecule has 0 bridgehead atoms. The largest absolute Gasteiger partial charge is 0.469 e. The average molecular weight is 1060 g/mol. The molecule has 2 atom stereocenters. The maximum Gasteiger partial charge on any atom is 0.164 e. The van der Waals surface area contributed by atoms with Gasteiger partial charge in [-0.1, -0.05) is 48.5 Å². The molecule has 6 aromatic heterocycles. The lowest BCUT2D eigenvalue weighted by atomic mass is 9.86. The van der Waals surface area contributed by atoms with Gasteiger partial charge in [-0.3, -0.25) is 9.97 Å². The van der Waals surface area contributed by atoms with Crippen LogP contribution in [0.3, 0.4) is 0 Å². The number of rotatable bonds is 10. The molecule has 404 valence electrons. The van der Waals surface area contributed by atoms with E-state index in [0.717, 1.165) is 112 Å². The van der Waals surface area contributed by atoms with E-state index in [1.807, 2.05) is 76.5 Å². The fourth-order valence-corrected chi connectivity index (χ4v) is 12.2. The molecular weight excluding hydrogens is 997 g/mol. The van der Waals surface area contributed by atoms with Gasteiger partial charge < -0.3 is 37.7 Å². The summed E-state index contributed by atoms with van der Waals surface area (Å²) in [6.07, 6.45) is 9.97. The summed E-state index contributed by atoms with van der Waals surface area (Å²) in [6, 6.07) is 23.6. The summed E-state index contributed by atoms with van der Waals surface area (Å²) in [4.78, 5) is 9.81. The molecule has 14 heteroatoms. The van der Waals surface area contributed by atoms with Gasteiger partial charge in [0.1, 0.15) is 11.5 Å². The average Bonchev–Trinajstić information content (AvgIpc) is 4.35. The molecule has 4 aromatic carbocycles. The van der Waals surface area contributed by atoms with E-state index in [9.17, 15) is 19.0 Å². The first kappa shape index (κ1) is 52.9. The summed E-state index contributed by atoms with van der Waals surface area (Å²) in [5.74, 6) is -1.84. The quantitative estimate of drug-likeness (QED) is 0.130. The van der Waals surface area contributed by atoms with Gasteiger partial charge in [-0.05, 0) is 152 Å². The molecule has 10 aromatic rings. The van der Waals surface area contributed by atoms with Crippen LogP contribution in [0.4, 0.5) is 17.6 Å². The zero-order valence-electron chi connectivity index (χ0n) is 45.2. The molecule has 0 spiro atoms. The molecule has 0 saturated carbocycles. The van der Waals surface area contributed by atoms with Crippen LogP contribution in [-0.2, 0) is 20.7 Å². The van der Waals surface area contributed by atoms with Crippen molar-refractivity contribution >= 4 is 43.9 Å². The Bertz CT molecular complexity index is 3590. The second-order valence-corrected chi connectivity index (χ2v) is 22.3. The molecule has 2 saturated heterocycles. The first-order chi connectivity index (χ1) is 37.3. The first-order valence-electron chi connectivity index (χ1n) is 26.8. The molecule has 12 rings (SSSR count). The zero-order chi connectivity index (χ0) is 54.9. The number of pyridine rings is 2. The molecule has 0 radical (unpaired) electrons. The second kappa shape index (κ2) is 20.6. The zero-order valence-corrected chi connectivity index (χ0v) is 45.2. The molecule has 2 aliphatic rings. The molecule has 78 heavy (non-hydrogen) atoms. The number of fused-ring (bicyclic) bond motifs is 6. The summed E-state index contributed by atoms with van der Waals surface area (Å²) >= 11 is 0. The highest BCUT2D eigenvalue weighted by atomic mass is 19.2. The van der Waals surface area contributed by atoms with Crippen LogP contribution in [0.1, 0.15) is 110 Å². The predicted octanol–water partition coefficient (Wildman–Crippen LogP) is 15.2. The fraction of sp³-hybridized carbons (Fsp3) is 0.344. The number of hydrogen-bond acceptors (Lipinski definition) is 8. The third-order valence-electron chi connectivity index (χ3n) is 16.2. The van der Waals surface area contributed by atoms with Crippen molar-refractivity contribution in [2.75, 3.05) is 26.4 Å². The number of furan rings is 2. The minimum absolute atomic E-state index is 0.000645. The summed E-state index contributed by atoms with van der Waals surface area (Å²) < 4.78 is 87.4. The van der Waals surface area contributed by atoms with Crippen molar-refractivity contribution in [1.29, 1.82) is 0 Å². The van der Waals surface area contributed by atoms with Crippen LogP contribution >= 0.6 is 0 Å². The van der Waals surface area contributed by atoms with Crippen LogP contribution in [0.2, 0.25) is 0 Å². The van der Waals surface area contributed by atoms with E-state index < -0.39 is 46.6 Å². The van der Waals surface area contributed by atoms with Gasteiger partial charge >= 0.3 is 0 Å². The number of benzene rings is 4. The predicted molar refractivity (Wildman–Crippen MR) is 295 cm³/mol. The highest BCUT2D eigenvalue weighted by Gasteiger charge is 2.36. The van der Waals surface area contributed by atoms with E-state index in [1.54, 1.807) is 64.5 Å². The lowest BCUT2D eigenvalue weighted by molar-refractivity contribution is 0.0546. The van der Waals surface area contributed by atoms with Gasteiger partial charge in [-0.2, -0.15) is 0 Å². The van der Waals surface area contributed by atoms with E-state index in [0.29, 0.717) is 63.2 Å². The monoisotopic (exact) mass is 1060 g/mol. The molecule has 2 unspecified atom stereocenters. The summed E-state index contributed by atoms with van der Waals surface area (Å²) in [5, 5.41) is 23.5. The molecule has 2 N–H and O–H groups in total. The summed E-state index contributed by atoms with van der Waals surface area (Å²) in [5.41, 5.74) is 10.4. The maximum absolute atomic E-state index is 15.6. The van der Waals surface area contributed by atoms with E-state index >= 15 is 8.78 Å². The van der Waals surface area contributed by atoms with Crippen molar-refractivity contribution in [1.82, 2.24) is 19.1 Å². The third kappa shape index (κ3) is 9.50. The number of ether oxygens (including phenoxy) is 2. The number of hydrogen-bond donors (Lipinski definition) is 2. The fourth-order valence-electron chi connectivity index (χ4n) is 12.2. The minimum Gasteiger partial charge on any atom is -0.469 e. The van der Waals surface area contributed by atoms with Crippen molar-refractivity contribution < 1.29 is 46.1 Å². The second-order valence-electron chi connectivity index (χ2n) is 22.3. The van der Waals surface area contributed by atoms with Crippen molar-refractivity contribution in [2.24, 2.45) is 11.8 Å². The Labute approximate surface area is 450 Å². The normalized spacial score (nSPS) is 15.9. The van der Waals surface area contributed by atoms with Gasteiger partial charge in [-0.15, -0.1) is 0 Å². The van der Waals surface area contributed by atoms with E-state index in [1.165, 1.54) is 0 Å². The van der Waals surface area contributed by atoms with Gasteiger partial charge in [0.2, 0.25) is 0 Å². The Kier molecular flexibility index (Phi) is 14.0. The van der Waals surface area contributed by atoms with E-state index in [2.05, 4.69) is 21.3 Å². The topological polar surface area (TPSA) is 121 Å². The van der Waals surface area contributed by atoms with E-state index in [4.69, 9.17) is 28.3 Å². The Morgan fingerprint density at radius 1 is 0.526 bits per heavy atom. The Balaban J connectivity index is 0.000000165. The van der Waals surface area contributed by atoms with Gasteiger partial charge in [0.05, 0.1) is 68.9 Å². The molecule has 2 aliphatic heterocycles. The Hall–Kier alpha value is -7.10. The Morgan fingerprint density at radius 3 is 1.26 bits per heavy atom.